The topological polar surface area (TPSA) is 59.1 Å². The van der Waals surface area contributed by atoms with Crippen molar-refractivity contribution >= 4 is 10.8 Å². The van der Waals surface area contributed by atoms with Crippen LogP contribution in [0.5, 0.6) is 0 Å². The monoisotopic (exact) mass is 188 g/mol. The number of hydrogen-bond acceptors (Lipinski definition) is 3. The van der Waals surface area contributed by atoms with Crippen molar-refractivity contribution in [1.82, 2.24) is 4.98 Å². The van der Waals surface area contributed by atoms with Crippen molar-refractivity contribution in [1.29, 1.82) is 0 Å². The predicted octanol–water partition coefficient (Wildman–Crippen LogP) is 1.23. The summed E-state index contributed by atoms with van der Waals surface area (Å²) in [4.78, 5) is 4.09. The Bertz CT molecular complexity index is 437. The summed E-state index contributed by atoms with van der Waals surface area (Å²) in [6.07, 6.45) is 3.51. The van der Waals surface area contributed by atoms with E-state index in [9.17, 15) is 0 Å². The van der Waals surface area contributed by atoms with Crippen molar-refractivity contribution in [3.05, 3.63) is 42.2 Å². The molecule has 0 saturated heterocycles. The van der Waals surface area contributed by atoms with Gasteiger partial charge in [-0.05, 0) is 10.9 Å². The Kier molecular flexibility index (Phi) is 2.43. The van der Waals surface area contributed by atoms with Crippen LogP contribution in [0.25, 0.3) is 10.8 Å². The molecule has 72 valence electrons. The summed E-state index contributed by atoms with van der Waals surface area (Å²) in [5.74, 6) is 0. The fourth-order valence-corrected chi connectivity index (χ4v) is 1.53. The Morgan fingerprint density at radius 2 is 2.07 bits per heavy atom. The van der Waals surface area contributed by atoms with E-state index in [-0.39, 0.29) is 12.6 Å². The SMILES string of the molecule is N[C@H](CO)c1cncc2ccccc12. The van der Waals surface area contributed by atoms with E-state index in [2.05, 4.69) is 4.98 Å². The highest BCUT2D eigenvalue weighted by Crippen LogP contribution is 2.21. The Morgan fingerprint density at radius 1 is 1.29 bits per heavy atom. The first-order chi connectivity index (χ1) is 6.83. The van der Waals surface area contributed by atoms with Gasteiger partial charge in [0.25, 0.3) is 0 Å². The minimum absolute atomic E-state index is 0.0598. The highest BCUT2D eigenvalue weighted by Gasteiger charge is 2.08. The lowest BCUT2D eigenvalue weighted by molar-refractivity contribution is 0.268. The van der Waals surface area contributed by atoms with E-state index in [0.29, 0.717) is 0 Å². The van der Waals surface area contributed by atoms with Crippen LogP contribution in [-0.4, -0.2) is 16.7 Å². The van der Waals surface area contributed by atoms with E-state index in [4.69, 9.17) is 10.8 Å². The Balaban J connectivity index is 2.65. The van der Waals surface area contributed by atoms with Crippen LogP contribution in [-0.2, 0) is 0 Å². The number of nitrogens with two attached hydrogens (primary N) is 1. The number of aliphatic hydroxyl groups is 1. The first-order valence-electron chi connectivity index (χ1n) is 4.52. The summed E-state index contributed by atoms with van der Waals surface area (Å²) in [6, 6.07) is 7.53. The first-order valence-corrected chi connectivity index (χ1v) is 4.52. The highest BCUT2D eigenvalue weighted by molar-refractivity contribution is 5.85. The van der Waals surface area contributed by atoms with E-state index in [1.54, 1.807) is 12.4 Å². The van der Waals surface area contributed by atoms with E-state index in [1.807, 2.05) is 24.3 Å². The Morgan fingerprint density at radius 3 is 2.86 bits per heavy atom. The Hall–Kier alpha value is -1.45. The summed E-state index contributed by atoms with van der Waals surface area (Å²) in [5, 5.41) is 11.1. The normalized spacial score (nSPS) is 13.0. The van der Waals surface area contributed by atoms with Gasteiger partial charge in [-0.1, -0.05) is 24.3 Å². The molecule has 0 bridgehead atoms. The number of pyridine rings is 1. The zero-order valence-electron chi connectivity index (χ0n) is 7.72. The molecule has 0 aliphatic rings. The highest BCUT2D eigenvalue weighted by atomic mass is 16.3. The third kappa shape index (κ3) is 1.47. The van der Waals surface area contributed by atoms with Crippen LogP contribution in [0.2, 0.25) is 0 Å². The lowest BCUT2D eigenvalue weighted by Gasteiger charge is -2.10. The second kappa shape index (κ2) is 3.74. The molecule has 2 rings (SSSR count). The smallest absolute Gasteiger partial charge is 0.0625 e. The first kappa shape index (κ1) is 9.12. The summed E-state index contributed by atoms with van der Waals surface area (Å²) in [6.45, 7) is -0.0598. The van der Waals surface area contributed by atoms with Crippen LogP contribution in [0.4, 0.5) is 0 Å². The van der Waals surface area contributed by atoms with Gasteiger partial charge in [0, 0.05) is 17.8 Å². The molecule has 0 aliphatic heterocycles. The maximum Gasteiger partial charge on any atom is 0.0625 e. The van der Waals surface area contributed by atoms with Gasteiger partial charge < -0.3 is 10.8 Å². The minimum atomic E-state index is -0.353. The van der Waals surface area contributed by atoms with Crippen LogP contribution in [0.3, 0.4) is 0 Å². The summed E-state index contributed by atoms with van der Waals surface area (Å²) < 4.78 is 0. The average Bonchev–Trinajstić information content (AvgIpc) is 2.27. The van der Waals surface area contributed by atoms with Gasteiger partial charge in [-0.2, -0.15) is 0 Å². The van der Waals surface area contributed by atoms with Crippen LogP contribution in [0.1, 0.15) is 11.6 Å². The van der Waals surface area contributed by atoms with E-state index >= 15 is 0 Å². The van der Waals surface area contributed by atoms with Crippen molar-refractivity contribution in [2.24, 2.45) is 5.73 Å². The molecule has 2 aromatic rings. The third-order valence-corrected chi connectivity index (χ3v) is 2.30. The van der Waals surface area contributed by atoms with Crippen LogP contribution < -0.4 is 5.73 Å². The Labute approximate surface area is 82.2 Å². The molecule has 0 spiro atoms. The largest absolute Gasteiger partial charge is 0.394 e. The number of aromatic nitrogens is 1. The van der Waals surface area contributed by atoms with Crippen molar-refractivity contribution in [2.75, 3.05) is 6.61 Å². The molecule has 1 aromatic carbocycles. The van der Waals surface area contributed by atoms with E-state index in [1.165, 1.54) is 0 Å². The van der Waals surface area contributed by atoms with Gasteiger partial charge in [0.05, 0.1) is 12.6 Å². The number of rotatable bonds is 2. The van der Waals surface area contributed by atoms with Crippen molar-refractivity contribution in [3.63, 3.8) is 0 Å². The van der Waals surface area contributed by atoms with Gasteiger partial charge in [0.15, 0.2) is 0 Å². The molecule has 0 aliphatic carbocycles. The zero-order chi connectivity index (χ0) is 9.97. The fourth-order valence-electron chi connectivity index (χ4n) is 1.53. The molecule has 0 amide bonds. The van der Waals surface area contributed by atoms with Crippen molar-refractivity contribution in [2.45, 2.75) is 6.04 Å². The van der Waals surface area contributed by atoms with Crippen LogP contribution >= 0.6 is 0 Å². The van der Waals surface area contributed by atoms with Gasteiger partial charge in [-0.3, -0.25) is 4.98 Å². The average molecular weight is 188 g/mol. The fraction of sp³-hybridized carbons (Fsp3) is 0.182. The van der Waals surface area contributed by atoms with Gasteiger partial charge >= 0.3 is 0 Å². The maximum absolute atomic E-state index is 8.99. The molecule has 3 heteroatoms. The van der Waals surface area contributed by atoms with Gasteiger partial charge in [-0.15, -0.1) is 0 Å². The van der Waals surface area contributed by atoms with Crippen molar-refractivity contribution in [3.8, 4) is 0 Å². The zero-order valence-corrected chi connectivity index (χ0v) is 7.72. The molecule has 0 radical (unpaired) electrons. The second-order valence-corrected chi connectivity index (χ2v) is 3.24. The minimum Gasteiger partial charge on any atom is -0.394 e. The standard InChI is InChI=1S/C11H12N2O/c12-11(7-14)10-6-13-5-8-3-1-2-4-9(8)10/h1-6,11,14H,7,12H2/t11-/m1/s1. The molecule has 1 atom stereocenters. The quantitative estimate of drug-likeness (QED) is 0.745. The molecule has 3 nitrogen and oxygen atoms in total. The molecular weight excluding hydrogens is 176 g/mol. The molecule has 1 heterocycles. The summed E-state index contributed by atoms with van der Waals surface area (Å²) >= 11 is 0. The van der Waals surface area contributed by atoms with Crippen molar-refractivity contribution < 1.29 is 5.11 Å². The molecule has 3 N–H and O–H groups in total. The van der Waals surface area contributed by atoms with Crippen LogP contribution in [0, 0.1) is 0 Å². The predicted molar refractivity (Wildman–Crippen MR) is 55.8 cm³/mol. The molecule has 0 unspecified atom stereocenters. The lowest BCUT2D eigenvalue weighted by Crippen LogP contribution is -2.15. The molecule has 0 saturated carbocycles. The number of nitrogens with zero attached hydrogens (tertiary/aromatic N) is 1. The molecule has 0 fully saturated rings. The number of hydrogen-bond donors (Lipinski definition) is 2. The summed E-state index contributed by atoms with van der Waals surface area (Å²) in [5.41, 5.74) is 6.66. The van der Waals surface area contributed by atoms with E-state index in [0.717, 1.165) is 16.3 Å². The third-order valence-electron chi connectivity index (χ3n) is 2.30. The molecular formula is C11H12N2O. The number of benzene rings is 1. The lowest BCUT2D eigenvalue weighted by atomic mass is 10.0. The summed E-state index contributed by atoms with van der Waals surface area (Å²) in [7, 11) is 0. The van der Waals surface area contributed by atoms with E-state index < -0.39 is 0 Å². The number of aliphatic hydroxyl groups excluding tert-OH is 1. The van der Waals surface area contributed by atoms with Crippen LogP contribution in [0.15, 0.2) is 36.7 Å². The molecule has 1 aromatic heterocycles. The number of fused-ring (bicyclic) bond motifs is 1. The van der Waals surface area contributed by atoms with Gasteiger partial charge in [0.1, 0.15) is 0 Å². The van der Waals surface area contributed by atoms with Gasteiger partial charge in [-0.25, -0.2) is 0 Å². The van der Waals surface area contributed by atoms with Gasteiger partial charge in [0.2, 0.25) is 0 Å². The second-order valence-electron chi connectivity index (χ2n) is 3.24. The molecule has 14 heavy (non-hydrogen) atoms. The maximum atomic E-state index is 8.99.